The number of benzene rings is 1. The van der Waals surface area contributed by atoms with Gasteiger partial charge >= 0.3 is 0 Å². The van der Waals surface area contributed by atoms with E-state index in [1.807, 2.05) is 6.07 Å². The Balaban J connectivity index is 2.51. The molecule has 0 aliphatic carbocycles. The SMILES string of the molecule is FC1=C(F)Nc2ccccc2C=C1. The third-order valence-corrected chi connectivity index (χ3v) is 1.82. The number of allylic oxidation sites excluding steroid dienone is 2. The Morgan fingerprint density at radius 3 is 2.62 bits per heavy atom. The third-order valence-electron chi connectivity index (χ3n) is 1.82. The zero-order valence-corrected chi connectivity index (χ0v) is 6.72. The van der Waals surface area contributed by atoms with E-state index in [1.165, 1.54) is 6.08 Å². The molecule has 0 amide bonds. The largest absolute Gasteiger partial charge is 0.329 e. The molecule has 1 heterocycles. The van der Waals surface area contributed by atoms with Crippen molar-refractivity contribution in [1.82, 2.24) is 0 Å². The summed E-state index contributed by atoms with van der Waals surface area (Å²) in [6, 6.07) is 7.05. The van der Waals surface area contributed by atoms with Crippen LogP contribution in [0.2, 0.25) is 0 Å². The van der Waals surface area contributed by atoms with Crippen LogP contribution >= 0.6 is 0 Å². The Labute approximate surface area is 74.4 Å². The lowest BCUT2D eigenvalue weighted by molar-refractivity contribution is 0.562. The molecule has 1 aromatic rings. The number of nitrogens with one attached hydrogen (secondary N) is 1. The molecule has 0 bridgehead atoms. The lowest BCUT2D eigenvalue weighted by Crippen LogP contribution is -1.95. The van der Waals surface area contributed by atoms with Crippen LogP contribution in [0.15, 0.2) is 42.1 Å². The molecule has 66 valence electrons. The zero-order valence-electron chi connectivity index (χ0n) is 6.72. The summed E-state index contributed by atoms with van der Waals surface area (Å²) in [5, 5.41) is 2.35. The molecule has 1 N–H and O–H groups in total. The van der Waals surface area contributed by atoms with Gasteiger partial charge in [0.05, 0.1) is 0 Å². The second kappa shape index (κ2) is 3.01. The van der Waals surface area contributed by atoms with Crippen molar-refractivity contribution in [2.75, 3.05) is 5.32 Å². The average molecular weight is 179 g/mol. The summed E-state index contributed by atoms with van der Waals surface area (Å²) in [7, 11) is 0. The minimum Gasteiger partial charge on any atom is -0.329 e. The molecule has 1 aliphatic rings. The molecule has 1 aromatic carbocycles. The molecule has 1 aliphatic heterocycles. The second-order valence-electron chi connectivity index (χ2n) is 2.71. The summed E-state index contributed by atoms with van der Waals surface area (Å²) in [6.45, 7) is 0. The van der Waals surface area contributed by atoms with E-state index in [0.717, 1.165) is 11.6 Å². The number of para-hydroxylation sites is 1. The van der Waals surface area contributed by atoms with Gasteiger partial charge in [-0.1, -0.05) is 18.2 Å². The molecule has 0 atom stereocenters. The predicted molar refractivity (Wildman–Crippen MR) is 48.3 cm³/mol. The minimum atomic E-state index is -0.943. The van der Waals surface area contributed by atoms with Crippen LogP contribution in [-0.4, -0.2) is 0 Å². The van der Waals surface area contributed by atoms with Crippen molar-refractivity contribution in [3.05, 3.63) is 47.7 Å². The Hall–Kier alpha value is -1.64. The number of halogens is 2. The van der Waals surface area contributed by atoms with Gasteiger partial charge in [-0.2, -0.15) is 4.39 Å². The fraction of sp³-hybridized carbons (Fsp3) is 0. The van der Waals surface area contributed by atoms with Gasteiger partial charge < -0.3 is 5.32 Å². The Bertz CT molecular complexity index is 394. The van der Waals surface area contributed by atoms with Crippen molar-refractivity contribution in [2.24, 2.45) is 0 Å². The van der Waals surface area contributed by atoms with Crippen molar-refractivity contribution in [1.29, 1.82) is 0 Å². The van der Waals surface area contributed by atoms with E-state index in [0.29, 0.717) is 5.69 Å². The van der Waals surface area contributed by atoms with E-state index in [4.69, 9.17) is 0 Å². The molecule has 0 saturated heterocycles. The molecule has 1 nitrogen and oxygen atoms in total. The standard InChI is InChI=1S/C10H7F2N/c11-8-6-5-7-3-1-2-4-9(7)13-10(8)12/h1-6,13H. The van der Waals surface area contributed by atoms with Crippen LogP contribution in [0.5, 0.6) is 0 Å². The number of hydrogen-bond acceptors (Lipinski definition) is 1. The van der Waals surface area contributed by atoms with Crippen molar-refractivity contribution >= 4 is 11.8 Å². The molecule has 13 heavy (non-hydrogen) atoms. The normalized spacial score (nSPS) is 14.9. The van der Waals surface area contributed by atoms with Gasteiger partial charge in [-0.05, 0) is 23.8 Å². The van der Waals surface area contributed by atoms with Crippen LogP contribution in [0.3, 0.4) is 0 Å². The van der Waals surface area contributed by atoms with E-state index < -0.39 is 11.8 Å². The first-order chi connectivity index (χ1) is 6.27. The highest BCUT2D eigenvalue weighted by molar-refractivity contribution is 5.71. The monoisotopic (exact) mass is 179 g/mol. The second-order valence-corrected chi connectivity index (χ2v) is 2.71. The Kier molecular flexibility index (Phi) is 1.85. The zero-order chi connectivity index (χ0) is 9.26. The smallest absolute Gasteiger partial charge is 0.227 e. The summed E-state index contributed by atoms with van der Waals surface area (Å²) in [4.78, 5) is 0. The molecule has 0 fully saturated rings. The maximum Gasteiger partial charge on any atom is 0.227 e. The van der Waals surface area contributed by atoms with Gasteiger partial charge in [0.1, 0.15) is 0 Å². The summed E-state index contributed by atoms with van der Waals surface area (Å²) >= 11 is 0. The van der Waals surface area contributed by atoms with Gasteiger partial charge in [-0.15, -0.1) is 0 Å². The molecule has 0 unspecified atom stereocenters. The van der Waals surface area contributed by atoms with E-state index in [-0.39, 0.29) is 0 Å². The van der Waals surface area contributed by atoms with Crippen molar-refractivity contribution in [3.63, 3.8) is 0 Å². The fourth-order valence-corrected chi connectivity index (χ4v) is 1.17. The molecule has 0 aromatic heterocycles. The summed E-state index contributed by atoms with van der Waals surface area (Å²) in [5.74, 6) is -1.82. The summed E-state index contributed by atoms with van der Waals surface area (Å²) in [6.07, 6.45) is 2.64. The van der Waals surface area contributed by atoms with E-state index >= 15 is 0 Å². The maximum absolute atomic E-state index is 12.9. The highest BCUT2D eigenvalue weighted by Gasteiger charge is 2.09. The summed E-state index contributed by atoms with van der Waals surface area (Å²) in [5.41, 5.74) is 1.34. The highest BCUT2D eigenvalue weighted by atomic mass is 19.2. The van der Waals surface area contributed by atoms with Crippen molar-refractivity contribution in [2.45, 2.75) is 0 Å². The molecule has 2 rings (SSSR count). The van der Waals surface area contributed by atoms with Gasteiger partial charge in [0.2, 0.25) is 5.95 Å². The first-order valence-corrected chi connectivity index (χ1v) is 3.87. The van der Waals surface area contributed by atoms with Crippen molar-refractivity contribution < 1.29 is 8.78 Å². The van der Waals surface area contributed by atoms with Crippen LogP contribution in [0.1, 0.15) is 5.56 Å². The lowest BCUT2D eigenvalue weighted by Gasteiger charge is -2.04. The Morgan fingerprint density at radius 1 is 1.00 bits per heavy atom. The van der Waals surface area contributed by atoms with Gasteiger partial charge in [0.15, 0.2) is 5.83 Å². The molecule has 0 radical (unpaired) electrons. The molecule has 3 heteroatoms. The molecule has 0 saturated carbocycles. The number of anilines is 1. The lowest BCUT2D eigenvalue weighted by atomic mass is 10.2. The Morgan fingerprint density at radius 2 is 1.77 bits per heavy atom. The number of fused-ring (bicyclic) bond motifs is 1. The number of rotatable bonds is 0. The molecular formula is C10H7F2N. The molecular weight excluding hydrogens is 172 g/mol. The minimum absolute atomic E-state index is 0.573. The number of hydrogen-bond donors (Lipinski definition) is 1. The van der Waals surface area contributed by atoms with Gasteiger partial charge in [-0.25, -0.2) is 4.39 Å². The van der Waals surface area contributed by atoms with E-state index in [9.17, 15) is 8.78 Å². The first-order valence-electron chi connectivity index (χ1n) is 3.87. The quantitative estimate of drug-likeness (QED) is 0.603. The first kappa shape index (κ1) is 7.98. The highest BCUT2D eigenvalue weighted by Crippen LogP contribution is 2.24. The predicted octanol–water partition coefficient (Wildman–Crippen LogP) is 3.23. The van der Waals surface area contributed by atoms with Crippen LogP contribution in [-0.2, 0) is 0 Å². The van der Waals surface area contributed by atoms with Gasteiger partial charge in [0.25, 0.3) is 0 Å². The summed E-state index contributed by atoms with van der Waals surface area (Å²) < 4.78 is 25.6. The maximum atomic E-state index is 12.9. The fourth-order valence-electron chi connectivity index (χ4n) is 1.17. The average Bonchev–Trinajstić information content (AvgIpc) is 2.28. The van der Waals surface area contributed by atoms with Crippen LogP contribution in [0.25, 0.3) is 6.08 Å². The van der Waals surface area contributed by atoms with Crippen LogP contribution < -0.4 is 5.32 Å². The topological polar surface area (TPSA) is 12.0 Å². The van der Waals surface area contributed by atoms with Crippen LogP contribution in [0.4, 0.5) is 14.5 Å². The van der Waals surface area contributed by atoms with Gasteiger partial charge in [-0.3, -0.25) is 0 Å². The van der Waals surface area contributed by atoms with E-state index in [1.54, 1.807) is 18.2 Å². The molecule has 0 spiro atoms. The third kappa shape index (κ3) is 1.45. The van der Waals surface area contributed by atoms with Crippen molar-refractivity contribution in [3.8, 4) is 0 Å². The van der Waals surface area contributed by atoms with E-state index in [2.05, 4.69) is 5.32 Å². The van der Waals surface area contributed by atoms with Crippen LogP contribution in [0, 0.1) is 0 Å². The van der Waals surface area contributed by atoms with Gasteiger partial charge in [0, 0.05) is 5.69 Å².